The summed E-state index contributed by atoms with van der Waals surface area (Å²) in [5.41, 5.74) is 17.0. The van der Waals surface area contributed by atoms with Gasteiger partial charge in [0.25, 0.3) is 5.91 Å². The normalized spacial score (nSPS) is 15.2. The second kappa shape index (κ2) is 17.8. The zero-order valence-corrected chi connectivity index (χ0v) is 36.3. The van der Waals surface area contributed by atoms with E-state index in [0.717, 1.165) is 90.6 Å². The predicted molar refractivity (Wildman–Crippen MR) is 252 cm³/mol. The van der Waals surface area contributed by atoms with Gasteiger partial charge in [0.05, 0.1) is 30.5 Å². The van der Waals surface area contributed by atoms with E-state index in [1.807, 2.05) is 66.1 Å². The number of anilines is 2. The number of rotatable bonds is 6. The molecule has 8 aromatic rings. The maximum atomic E-state index is 12.7. The molecule has 314 valence electrons. The summed E-state index contributed by atoms with van der Waals surface area (Å²) in [6.07, 6.45) is 19.2. The lowest BCUT2D eigenvalue weighted by Gasteiger charge is -2.08. The summed E-state index contributed by atoms with van der Waals surface area (Å²) in [4.78, 5) is 48.5. The van der Waals surface area contributed by atoms with Crippen LogP contribution >= 0.6 is 22.7 Å². The Morgan fingerprint density at radius 1 is 0.603 bits per heavy atom. The van der Waals surface area contributed by atoms with E-state index in [9.17, 15) is 9.59 Å². The molecular weight excluding hydrogens is 825 g/mol. The number of thiazole rings is 2. The van der Waals surface area contributed by atoms with Crippen molar-refractivity contribution in [1.82, 2.24) is 29.9 Å². The van der Waals surface area contributed by atoms with Crippen LogP contribution in [-0.4, -0.2) is 48.8 Å². The van der Waals surface area contributed by atoms with Crippen LogP contribution < -0.4 is 15.4 Å². The van der Waals surface area contributed by atoms with Gasteiger partial charge in [-0.3, -0.25) is 19.6 Å². The van der Waals surface area contributed by atoms with Crippen molar-refractivity contribution < 1.29 is 14.3 Å². The summed E-state index contributed by atoms with van der Waals surface area (Å²) in [5, 5.41) is 11.9. The minimum Gasteiger partial charge on any atom is -0.482 e. The number of hydrogen-bond donors (Lipinski definition) is 4. The van der Waals surface area contributed by atoms with Crippen molar-refractivity contribution in [2.45, 2.75) is 57.8 Å². The second-order valence-corrected chi connectivity index (χ2v) is 17.6. The van der Waals surface area contributed by atoms with Crippen LogP contribution in [0.3, 0.4) is 0 Å². The van der Waals surface area contributed by atoms with E-state index in [0.29, 0.717) is 12.0 Å². The number of aryl methyl sites for hydroxylation is 4. The number of benzene rings is 2. The summed E-state index contributed by atoms with van der Waals surface area (Å²) in [6, 6.07) is 24.2. The number of amides is 2. The van der Waals surface area contributed by atoms with Gasteiger partial charge in [0, 0.05) is 97.9 Å². The monoisotopic (exact) mass is 868 g/mol. The summed E-state index contributed by atoms with van der Waals surface area (Å²) >= 11 is 3.22. The quantitative estimate of drug-likeness (QED) is 0.121. The van der Waals surface area contributed by atoms with Gasteiger partial charge in [-0.15, -0.1) is 22.7 Å². The molecule has 2 aromatic carbocycles. The topological polar surface area (TPSA) is 151 Å². The molecule has 0 radical (unpaired) electrons. The molecule has 0 fully saturated rings. The van der Waals surface area contributed by atoms with Gasteiger partial charge in [-0.25, -0.2) is 9.97 Å². The second-order valence-electron chi connectivity index (χ2n) is 15.9. The number of pyridine rings is 2. The molecule has 12 rings (SSSR count). The van der Waals surface area contributed by atoms with Crippen LogP contribution in [0.1, 0.15) is 65.0 Å². The van der Waals surface area contributed by atoms with Crippen LogP contribution in [0, 0.1) is 0 Å². The fourth-order valence-corrected chi connectivity index (χ4v) is 10.2. The lowest BCUT2D eigenvalue weighted by molar-refractivity contribution is -0.115. The highest BCUT2D eigenvalue weighted by molar-refractivity contribution is 7.13. The summed E-state index contributed by atoms with van der Waals surface area (Å²) in [7, 11) is 1.71. The third kappa shape index (κ3) is 8.75. The van der Waals surface area contributed by atoms with Crippen molar-refractivity contribution in [3.63, 3.8) is 0 Å². The van der Waals surface area contributed by atoms with Crippen LogP contribution in [-0.2, 0) is 41.7 Å². The maximum Gasteiger partial charge on any atom is 0.256 e. The van der Waals surface area contributed by atoms with Crippen molar-refractivity contribution >= 4 is 57.5 Å². The highest BCUT2D eigenvalue weighted by Crippen LogP contribution is 2.38. The third-order valence-electron chi connectivity index (χ3n) is 11.7. The third-order valence-corrected chi connectivity index (χ3v) is 13.5. The van der Waals surface area contributed by atoms with E-state index >= 15 is 0 Å². The number of fused-ring (bicyclic) bond motifs is 4. The lowest BCUT2D eigenvalue weighted by Crippen LogP contribution is -2.03. The number of carbonyl (C=O) groups excluding carboxylic acids is 2. The van der Waals surface area contributed by atoms with E-state index < -0.39 is 0 Å². The Kier molecular flexibility index (Phi) is 11.3. The molecule has 0 bridgehead atoms. The molecule has 63 heavy (non-hydrogen) atoms. The van der Waals surface area contributed by atoms with Crippen molar-refractivity contribution in [3.8, 4) is 49.5 Å². The molecule has 6 aromatic heterocycles. The Morgan fingerprint density at radius 3 is 1.81 bits per heavy atom. The molecule has 4 N–H and O–H groups in total. The lowest BCUT2D eigenvalue weighted by atomic mass is 9.98. The van der Waals surface area contributed by atoms with Crippen molar-refractivity contribution in [3.05, 3.63) is 148 Å². The zero-order valence-electron chi connectivity index (χ0n) is 34.7. The number of ether oxygens (including phenoxy) is 1. The van der Waals surface area contributed by atoms with Gasteiger partial charge < -0.3 is 25.3 Å². The first-order valence-corrected chi connectivity index (χ1v) is 23.0. The number of nitrogens with one attached hydrogen (secondary N) is 4. The molecule has 2 amide bonds. The molecule has 2 aliphatic carbocycles. The van der Waals surface area contributed by atoms with Crippen LogP contribution in [0.25, 0.3) is 55.3 Å². The predicted octanol–water partition coefficient (Wildman–Crippen LogP) is 10.8. The Balaban J connectivity index is 0.000000126. The van der Waals surface area contributed by atoms with Gasteiger partial charge in [0.15, 0.2) is 5.88 Å². The molecule has 0 atom stereocenters. The molecule has 8 heterocycles. The minimum absolute atomic E-state index is 0.0536. The fourth-order valence-electron chi connectivity index (χ4n) is 8.49. The van der Waals surface area contributed by atoms with Crippen LogP contribution in [0.2, 0.25) is 0 Å². The van der Waals surface area contributed by atoms with Crippen LogP contribution in [0.4, 0.5) is 11.4 Å². The van der Waals surface area contributed by atoms with E-state index in [1.54, 1.807) is 54.6 Å². The molecule has 0 saturated heterocycles. The summed E-state index contributed by atoms with van der Waals surface area (Å²) in [6.45, 7) is 0. The van der Waals surface area contributed by atoms with E-state index in [2.05, 4.69) is 59.1 Å². The number of nitrogens with zero attached hydrogens (tertiary/aromatic N) is 4. The zero-order chi connectivity index (χ0) is 42.7. The average molecular weight is 869 g/mol. The Hall–Kier alpha value is -6.96. The number of methoxy groups -OCH3 is 1. The standard InChI is InChI=1S/C25H20N4OS.C16H11N3OS.C9H13NO/c30-24-20(13-18-11-16-3-1-2-4-21(16)27-18)19-12-17(5-6-22(19)28-24)23-14-31-25(29-23)15-7-9-26-10-8-15;20-15-8-12-7-11(1-2-13(12)18-15)14-9-21-16(19-14)10-3-5-17-6-4-10;1-11-9-6-7-4-2-3-5-8(7)10-9/h5-14,27H,1-4H2,(H,28,30);1-7,9H,8H2,(H,18,20);6,10H,2-5H2,1H3/b20-13-;;. The summed E-state index contributed by atoms with van der Waals surface area (Å²) in [5.74, 6) is 0.908. The highest BCUT2D eigenvalue weighted by atomic mass is 32.1. The maximum absolute atomic E-state index is 12.7. The van der Waals surface area contributed by atoms with E-state index in [1.165, 1.54) is 61.0 Å². The van der Waals surface area contributed by atoms with E-state index in [4.69, 9.17) is 9.72 Å². The molecule has 0 unspecified atom stereocenters. The minimum atomic E-state index is -0.0597. The van der Waals surface area contributed by atoms with Gasteiger partial charge in [-0.2, -0.15) is 0 Å². The SMILES string of the molecule is COc1cc2c([nH]1)CCCC2.O=C1Cc2cc(-c3csc(-c4ccncc4)n3)ccc2N1.O=C1Nc2ccc(-c3csc(-c4ccncc4)n3)cc2/C1=C/c1cc2c([nH]1)CCCC2. The Morgan fingerprint density at radius 2 is 1.19 bits per heavy atom. The van der Waals surface area contributed by atoms with Gasteiger partial charge in [-0.05, 0) is 129 Å². The van der Waals surface area contributed by atoms with Gasteiger partial charge in [0.1, 0.15) is 10.0 Å². The number of carbonyl (C=O) groups is 2. The van der Waals surface area contributed by atoms with Crippen molar-refractivity contribution in [1.29, 1.82) is 0 Å². The van der Waals surface area contributed by atoms with E-state index in [-0.39, 0.29) is 11.8 Å². The fraction of sp³-hybridized carbons (Fsp3) is 0.200. The first-order valence-electron chi connectivity index (χ1n) is 21.2. The van der Waals surface area contributed by atoms with Crippen LogP contribution in [0.5, 0.6) is 5.88 Å². The number of aromatic nitrogens is 6. The largest absolute Gasteiger partial charge is 0.482 e. The molecular formula is C50H44N8O3S2. The van der Waals surface area contributed by atoms with Crippen LogP contribution in [0.15, 0.2) is 108 Å². The van der Waals surface area contributed by atoms with Gasteiger partial charge >= 0.3 is 0 Å². The molecule has 0 spiro atoms. The number of hydrogen-bond acceptors (Lipinski definition) is 9. The van der Waals surface area contributed by atoms with Gasteiger partial charge in [-0.1, -0.05) is 12.1 Å². The number of H-pyrrole nitrogens is 2. The van der Waals surface area contributed by atoms with Gasteiger partial charge in [0.2, 0.25) is 5.91 Å². The molecule has 4 aliphatic rings. The molecule has 11 nitrogen and oxygen atoms in total. The molecule has 2 aliphatic heterocycles. The Labute approximate surface area is 372 Å². The number of aromatic amines is 2. The van der Waals surface area contributed by atoms with Crippen molar-refractivity contribution in [2.75, 3.05) is 17.7 Å². The first kappa shape index (κ1) is 40.1. The summed E-state index contributed by atoms with van der Waals surface area (Å²) < 4.78 is 5.11. The Bertz CT molecular complexity index is 2930. The molecule has 13 heteroatoms. The smallest absolute Gasteiger partial charge is 0.256 e. The average Bonchev–Trinajstić information content (AvgIpc) is 4.19. The highest BCUT2D eigenvalue weighted by Gasteiger charge is 2.26. The molecule has 0 saturated carbocycles. The van der Waals surface area contributed by atoms with Crippen molar-refractivity contribution in [2.24, 2.45) is 0 Å². The first-order chi connectivity index (χ1) is 30.9.